The minimum atomic E-state index is -0.263. The van der Waals surface area contributed by atoms with Crippen molar-refractivity contribution in [2.24, 2.45) is 5.10 Å². The third kappa shape index (κ3) is 3.93. The molecule has 2 heterocycles. The van der Waals surface area contributed by atoms with E-state index in [1.54, 1.807) is 24.5 Å². The number of benzene rings is 1. The lowest BCUT2D eigenvalue weighted by Crippen LogP contribution is -2.51. The van der Waals surface area contributed by atoms with Gasteiger partial charge in [0.25, 0.3) is 5.91 Å². The van der Waals surface area contributed by atoms with Crippen LogP contribution in [-0.4, -0.2) is 28.7 Å². The van der Waals surface area contributed by atoms with Gasteiger partial charge in [-0.1, -0.05) is 6.92 Å². The van der Waals surface area contributed by atoms with Crippen LogP contribution in [0.1, 0.15) is 74.0 Å². The van der Waals surface area contributed by atoms with Gasteiger partial charge in [0.15, 0.2) is 0 Å². The predicted octanol–water partition coefficient (Wildman–Crippen LogP) is 4.65. The zero-order chi connectivity index (χ0) is 20.5. The highest BCUT2D eigenvalue weighted by Crippen LogP contribution is 2.45. The van der Waals surface area contributed by atoms with Crippen molar-refractivity contribution >= 4 is 17.8 Å². The average molecular weight is 379 g/mol. The molecule has 0 spiro atoms. The highest BCUT2D eigenvalue weighted by molar-refractivity contribution is 5.94. The van der Waals surface area contributed by atoms with Crippen molar-refractivity contribution in [3.8, 4) is 0 Å². The molecule has 0 saturated heterocycles. The Morgan fingerprint density at radius 2 is 2.14 bits per heavy atom. The van der Waals surface area contributed by atoms with Crippen LogP contribution in [-0.2, 0) is 0 Å². The molecule has 1 amide bonds. The van der Waals surface area contributed by atoms with Crippen molar-refractivity contribution in [2.75, 3.05) is 4.90 Å². The van der Waals surface area contributed by atoms with Crippen LogP contribution >= 0.6 is 0 Å². The van der Waals surface area contributed by atoms with Gasteiger partial charge in [0.2, 0.25) is 0 Å². The van der Waals surface area contributed by atoms with Crippen molar-refractivity contribution in [1.29, 1.82) is 0 Å². The predicted molar refractivity (Wildman–Crippen MR) is 115 cm³/mol. The highest BCUT2D eigenvalue weighted by Gasteiger charge is 2.37. The Hall–Kier alpha value is -2.69. The van der Waals surface area contributed by atoms with Gasteiger partial charge in [0.1, 0.15) is 0 Å². The number of nitrogens with one attached hydrogen (secondary N) is 1. The molecule has 5 nitrogen and oxygen atoms in total. The van der Waals surface area contributed by atoms with E-state index < -0.39 is 0 Å². The van der Waals surface area contributed by atoms with Crippen LogP contribution < -0.4 is 10.3 Å². The molecule has 148 valence electrons. The van der Waals surface area contributed by atoms with Crippen LogP contribution in [0.15, 0.2) is 41.8 Å². The fourth-order valence-corrected chi connectivity index (χ4v) is 4.45. The minimum absolute atomic E-state index is 0.125. The molecule has 1 aromatic carbocycles. The second-order valence-corrected chi connectivity index (χ2v) is 8.59. The number of carbonyl (C=O) groups excluding carboxylic acids is 1. The number of hydrazone groups is 1. The van der Waals surface area contributed by atoms with Gasteiger partial charge in [-0.2, -0.15) is 5.10 Å². The third-order valence-electron chi connectivity index (χ3n) is 5.47. The lowest BCUT2D eigenvalue weighted by atomic mass is 9.78. The number of anilines is 1. The quantitative estimate of drug-likeness (QED) is 0.622. The molecule has 1 aliphatic heterocycles. The van der Waals surface area contributed by atoms with Crippen LogP contribution in [0.2, 0.25) is 0 Å². The first-order valence-corrected chi connectivity index (χ1v) is 9.88. The number of fused-ring (bicyclic) bond motifs is 1. The van der Waals surface area contributed by atoms with Crippen LogP contribution in [0.3, 0.4) is 0 Å². The summed E-state index contributed by atoms with van der Waals surface area (Å²) < 4.78 is 0. The van der Waals surface area contributed by atoms with Gasteiger partial charge >= 0.3 is 0 Å². The van der Waals surface area contributed by atoms with Gasteiger partial charge in [0, 0.05) is 29.7 Å². The third-order valence-corrected chi connectivity index (χ3v) is 5.47. The SMILES string of the molecule is Cc1cc2c(cc1/C=N/NC(=O)c1cccnc1)C(C)CC(C)(C)N2C(C)C. The summed E-state index contributed by atoms with van der Waals surface area (Å²) in [6, 6.07) is 8.36. The van der Waals surface area contributed by atoms with E-state index in [0.29, 0.717) is 17.5 Å². The lowest BCUT2D eigenvalue weighted by Gasteiger charge is -2.50. The Morgan fingerprint density at radius 3 is 2.79 bits per heavy atom. The summed E-state index contributed by atoms with van der Waals surface area (Å²) in [5.41, 5.74) is 8.04. The first-order valence-electron chi connectivity index (χ1n) is 9.88. The summed E-state index contributed by atoms with van der Waals surface area (Å²) in [6.45, 7) is 13.5. The van der Waals surface area contributed by atoms with Crippen LogP contribution in [0, 0.1) is 6.92 Å². The highest BCUT2D eigenvalue weighted by atomic mass is 16.2. The monoisotopic (exact) mass is 378 g/mol. The van der Waals surface area contributed by atoms with Crippen molar-refractivity contribution in [3.63, 3.8) is 0 Å². The maximum absolute atomic E-state index is 12.1. The van der Waals surface area contributed by atoms with E-state index in [4.69, 9.17) is 0 Å². The molecule has 0 radical (unpaired) electrons. The zero-order valence-electron chi connectivity index (χ0n) is 17.7. The molecule has 28 heavy (non-hydrogen) atoms. The standard InChI is InChI=1S/C23H30N4O/c1-15(2)27-21-10-16(3)19(11-20(21)17(4)12-23(27,5)6)14-25-26-22(28)18-8-7-9-24-13-18/h7-11,13-15,17H,12H2,1-6H3,(H,26,28)/b25-14+. The molecular weight excluding hydrogens is 348 g/mol. The van der Waals surface area contributed by atoms with Crippen molar-refractivity contribution in [1.82, 2.24) is 10.4 Å². The Kier molecular flexibility index (Phi) is 5.54. The minimum Gasteiger partial charge on any atom is -0.364 e. The molecule has 1 aromatic heterocycles. The lowest BCUT2D eigenvalue weighted by molar-refractivity contribution is 0.0954. The summed E-state index contributed by atoms with van der Waals surface area (Å²) in [4.78, 5) is 18.6. The van der Waals surface area contributed by atoms with Crippen LogP contribution in [0.25, 0.3) is 0 Å². The molecule has 1 atom stereocenters. The van der Waals surface area contributed by atoms with Gasteiger partial charge in [-0.15, -0.1) is 0 Å². The number of carbonyl (C=O) groups is 1. The van der Waals surface area contributed by atoms with Gasteiger partial charge in [-0.25, -0.2) is 5.43 Å². The van der Waals surface area contributed by atoms with Crippen LogP contribution in [0.5, 0.6) is 0 Å². The smallest absolute Gasteiger partial charge is 0.272 e. The molecule has 0 fully saturated rings. The molecule has 0 saturated carbocycles. The molecule has 0 bridgehead atoms. The van der Waals surface area contributed by atoms with E-state index in [1.807, 2.05) is 0 Å². The Morgan fingerprint density at radius 1 is 1.39 bits per heavy atom. The molecule has 1 N–H and O–H groups in total. The summed E-state index contributed by atoms with van der Waals surface area (Å²) in [5, 5.41) is 4.17. The normalized spacial score (nSPS) is 18.4. The fraction of sp³-hybridized carbons (Fsp3) is 0.435. The van der Waals surface area contributed by atoms with Gasteiger partial charge in [-0.05, 0) is 87.9 Å². The maximum atomic E-state index is 12.1. The second kappa shape index (κ2) is 7.74. The zero-order valence-corrected chi connectivity index (χ0v) is 17.7. The van der Waals surface area contributed by atoms with E-state index in [1.165, 1.54) is 17.4 Å². The fourth-order valence-electron chi connectivity index (χ4n) is 4.45. The maximum Gasteiger partial charge on any atom is 0.272 e. The Labute approximate surface area is 167 Å². The second-order valence-electron chi connectivity index (χ2n) is 8.59. The van der Waals surface area contributed by atoms with Gasteiger partial charge in [0.05, 0.1) is 11.8 Å². The first-order chi connectivity index (χ1) is 13.2. The van der Waals surface area contributed by atoms with E-state index in [9.17, 15) is 4.79 Å². The van der Waals surface area contributed by atoms with Gasteiger partial charge < -0.3 is 4.90 Å². The van der Waals surface area contributed by atoms with Crippen molar-refractivity contribution < 1.29 is 4.79 Å². The van der Waals surface area contributed by atoms with E-state index in [-0.39, 0.29) is 11.4 Å². The van der Waals surface area contributed by atoms with E-state index in [2.05, 4.69) is 74.1 Å². The number of aromatic nitrogens is 1. The topological polar surface area (TPSA) is 57.6 Å². The first kappa shape index (κ1) is 20.1. The molecule has 0 aliphatic carbocycles. The molecule has 3 rings (SSSR count). The number of hydrogen-bond donors (Lipinski definition) is 1. The van der Waals surface area contributed by atoms with E-state index >= 15 is 0 Å². The number of nitrogens with zero attached hydrogens (tertiary/aromatic N) is 3. The van der Waals surface area contributed by atoms with Crippen LogP contribution in [0.4, 0.5) is 5.69 Å². The van der Waals surface area contributed by atoms with Crippen molar-refractivity contribution in [2.45, 2.75) is 65.5 Å². The largest absolute Gasteiger partial charge is 0.364 e. The number of pyridine rings is 1. The number of aryl methyl sites for hydroxylation is 1. The Balaban J connectivity index is 1.87. The number of hydrogen-bond acceptors (Lipinski definition) is 4. The number of rotatable bonds is 4. The molecule has 1 aliphatic rings. The molecule has 5 heteroatoms. The summed E-state index contributed by atoms with van der Waals surface area (Å²) in [7, 11) is 0. The van der Waals surface area contributed by atoms with Crippen molar-refractivity contribution in [3.05, 3.63) is 58.9 Å². The molecular formula is C23H30N4O. The average Bonchev–Trinajstić information content (AvgIpc) is 2.62. The summed E-state index contributed by atoms with van der Waals surface area (Å²) in [6.07, 6.45) is 6.00. The van der Waals surface area contributed by atoms with Gasteiger partial charge in [-0.3, -0.25) is 9.78 Å². The number of amides is 1. The summed E-state index contributed by atoms with van der Waals surface area (Å²) in [5.74, 6) is 0.207. The Bertz CT molecular complexity index is 887. The molecule has 2 aromatic rings. The summed E-state index contributed by atoms with van der Waals surface area (Å²) >= 11 is 0. The molecule has 1 unspecified atom stereocenters. The van der Waals surface area contributed by atoms with E-state index in [0.717, 1.165) is 17.5 Å².